The van der Waals surface area contributed by atoms with Crippen LogP contribution in [0.25, 0.3) is 10.9 Å². The van der Waals surface area contributed by atoms with E-state index >= 15 is 0 Å². The maximum absolute atomic E-state index is 12.8. The third-order valence-electron chi connectivity index (χ3n) is 3.69. The summed E-state index contributed by atoms with van der Waals surface area (Å²) in [5, 5.41) is 0.677. The first-order valence-corrected chi connectivity index (χ1v) is 7.67. The van der Waals surface area contributed by atoms with Gasteiger partial charge in [-0.15, -0.1) is 0 Å². The second-order valence-electron chi connectivity index (χ2n) is 5.96. The molecule has 0 aliphatic heterocycles. The number of hydrogen-bond acceptors (Lipinski definition) is 4. The van der Waals surface area contributed by atoms with Crippen LogP contribution in [0, 0.1) is 0 Å². The fourth-order valence-corrected chi connectivity index (χ4v) is 2.76. The van der Waals surface area contributed by atoms with Crippen molar-refractivity contribution in [3.05, 3.63) is 41.6 Å². The molecule has 5 nitrogen and oxygen atoms in total. The van der Waals surface area contributed by atoms with Crippen LogP contribution in [0.15, 0.2) is 30.3 Å². The summed E-state index contributed by atoms with van der Waals surface area (Å²) in [6.07, 6.45) is 0. The summed E-state index contributed by atoms with van der Waals surface area (Å²) in [6, 6.07) is 8.84. The van der Waals surface area contributed by atoms with Crippen LogP contribution < -0.4 is 0 Å². The van der Waals surface area contributed by atoms with Crippen LogP contribution in [0.3, 0.4) is 0 Å². The molecule has 0 saturated carbocycles. The highest BCUT2D eigenvalue weighted by Gasteiger charge is 2.24. The number of para-hydroxylation sites is 1. The van der Waals surface area contributed by atoms with Gasteiger partial charge < -0.3 is 9.64 Å². The molecule has 2 aromatic rings. The van der Waals surface area contributed by atoms with E-state index in [0.717, 1.165) is 0 Å². The van der Waals surface area contributed by atoms with Crippen molar-refractivity contribution in [3.63, 3.8) is 0 Å². The number of carbonyl (C=O) groups is 2. The van der Waals surface area contributed by atoms with Crippen LogP contribution in [0.2, 0.25) is 0 Å². The standard InChI is InChI=1S/C18H22N2O3/c1-11(2)20(12(3)4)17(21)16-10-14(18(22)23-5)13-8-6-7-9-15(13)19-16/h6-12H,1-5H3. The van der Waals surface area contributed by atoms with E-state index < -0.39 is 5.97 Å². The quantitative estimate of drug-likeness (QED) is 0.813. The van der Waals surface area contributed by atoms with Gasteiger partial charge in [0.1, 0.15) is 5.69 Å². The summed E-state index contributed by atoms with van der Waals surface area (Å²) >= 11 is 0. The van der Waals surface area contributed by atoms with Crippen molar-refractivity contribution in [3.8, 4) is 0 Å². The van der Waals surface area contributed by atoms with Crippen molar-refractivity contribution in [2.24, 2.45) is 0 Å². The van der Waals surface area contributed by atoms with Gasteiger partial charge in [-0.3, -0.25) is 4.79 Å². The van der Waals surface area contributed by atoms with Crippen molar-refractivity contribution in [2.45, 2.75) is 39.8 Å². The summed E-state index contributed by atoms with van der Waals surface area (Å²) < 4.78 is 4.84. The summed E-state index contributed by atoms with van der Waals surface area (Å²) in [4.78, 5) is 31.1. The highest BCUT2D eigenvalue weighted by molar-refractivity contribution is 6.06. The lowest BCUT2D eigenvalue weighted by Gasteiger charge is -2.30. The first kappa shape index (κ1) is 16.9. The molecule has 0 spiro atoms. The second-order valence-corrected chi connectivity index (χ2v) is 5.96. The number of ether oxygens (including phenoxy) is 1. The number of carbonyl (C=O) groups excluding carboxylic acids is 2. The molecule has 5 heteroatoms. The number of pyridine rings is 1. The zero-order chi connectivity index (χ0) is 17.1. The van der Waals surface area contributed by atoms with Gasteiger partial charge in [-0.2, -0.15) is 0 Å². The Kier molecular flexibility index (Phi) is 4.98. The van der Waals surface area contributed by atoms with E-state index in [2.05, 4.69) is 4.98 Å². The summed E-state index contributed by atoms with van der Waals surface area (Å²) in [7, 11) is 1.33. The van der Waals surface area contributed by atoms with Crippen molar-refractivity contribution in [1.82, 2.24) is 9.88 Å². The van der Waals surface area contributed by atoms with E-state index in [9.17, 15) is 9.59 Å². The highest BCUT2D eigenvalue weighted by atomic mass is 16.5. The zero-order valence-electron chi connectivity index (χ0n) is 14.2. The number of hydrogen-bond donors (Lipinski definition) is 0. The van der Waals surface area contributed by atoms with E-state index in [-0.39, 0.29) is 23.7 Å². The normalized spacial score (nSPS) is 11.1. The van der Waals surface area contributed by atoms with Gasteiger partial charge in [0, 0.05) is 17.5 Å². The van der Waals surface area contributed by atoms with Crippen LogP contribution in [0.5, 0.6) is 0 Å². The molecule has 0 N–H and O–H groups in total. The highest BCUT2D eigenvalue weighted by Crippen LogP contribution is 2.21. The summed E-state index contributed by atoms with van der Waals surface area (Å²) in [5.74, 6) is -0.663. The average molecular weight is 314 g/mol. The van der Waals surface area contributed by atoms with Crippen LogP contribution in [0.1, 0.15) is 48.5 Å². The Hall–Kier alpha value is -2.43. The molecule has 0 atom stereocenters. The Balaban J connectivity index is 2.61. The van der Waals surface area contributed by atoms with Gasteiger partial charge >= 0.3 is 5.97 Å². The van der Waals surface area contributed by atoms with Gasteiger partial charge in [0.05, 0.1) is 18.2 Å². The Bertz CT molecular complexity index is 730. The Labute approximate surface area is 136 Å². The smallest absolute Gasteiger partial charge is 0.338 e. The van der Waals surface area contributed by atoms with Crippen molar-refractivity contribution >= 4 is 22.8 Å². The topological polar surface area (TPSA) is 59.5 Å². The second kappa shape index (κ2) is 6.77. The molecule has 1 heterocycles. The first-order valence-electron chi connectivity index (χ1n) is 7.67. The van der Waals surface area contributed by atoms with Crippen molar-refractivity contribution in [2.75, 3.05) is 7.11 Å². The molecular weight excluding hydrogens is 292 g/mol. The van der Waals surface area contributed by atoms with Gasteiger partial charge in [0.25, 0.3) is 5.91 Å². The van der Waals surface area contributed by atoms with E-state index in [1.807, 2.05) is 39.8 Å². The van der Waals surface area contributed by atoms with E-state index in [4.69, 9.17) is 4.74 Å². The first-order chi connectivity index (χ1) is 10.9. The molecule has 0 saturated heterocycles. The number of amides is 1. The molecular formula is C18H22N2O3. The molecule has 0 fully saturated rings. The fourth-order valence-electron chi connectivity index (χ4n) is 2.76. The fraction of sp³-hybridized carbons (Fsp3) is 0.389. The number of fused-ring (bicyclic) bond motifs is 1. The lowest BCUT2D eigenvalue weighted by molar-refractivity contribution is 0.0603. The van der Waals surface area contributed by atoms with Gasteiger partial charge in [0.2, 0.25) is 0 Å². The maximum atomic E-state index is 12.8. The zero-order valence-corrected chi connectivity index (χ0v) is 14.2. The number of rotatable bonds is 4. The molecule has 0 aliphatic rings. The number of methoxy groups -OCH3 is 1. The molecule has 23 heavy (non-hydrogen) atoms. The number of esters is 1. The molecule has 0 bridgehead atoms. The third-order valence-corrected chi connectivity index (χ3v) is 3.69. The molecule has 1 amide bonds. The third kappa shape index (κ3) is 3.33. The molecule has 0 radical (unpaired) electrons. The monoisotopic (exact) mass is 314 g/mol. The predicted octanol–water partition coefficient (Wildman–Crippen LogP) is 3.28. The number of nitrogens with zero attached hydrogens (tertiary/aromatic N) is 2. The van der Waals surface area contributed by atoms with Crippen LogP contribution in [-0.2, 0) is 4.74 Å². The average Bonchev–Trinajstić information content (AvgIpc) is 2.52. The summed E-state index contributed by atoms with van der Waals surface area (Å²) in [5.41, 5.74) is 1.21. The molecule has 0 unspecified atom stereocenters. The predicted molar refractivity (Wildman–Crippen MR) is 89.5 cm³/mol. The molecule has 1 aromatic carbocycles. The Morgan fingerprint density at radius 3 is 2.26 bits per heavy atom. The lowest BCUT2D eigenvalue weighted by atomic mass is 10.1. The van der Waals surface area contributed by atoms with Gasteiger partial charge in [-0.1, -0.05) is 18.2 Å². The van der Waals surface area contributed by atoms with Crippen LogP contribution in [0.4, 0.5) is 0 Å². The SMILES string of the molecule is COC(=O)c1cc(C(=O)N(C(C)C)C(C)C)nc2ccccc12. The van der Waals surface area contributed by atoms with Crippen molar-refractivity contribution < 1.29 is 14.3 Å². The van der Waals surface area contributed by atoms with E-state index in [0.29, 0.717) is 16.5 Å². The van der Waals surface area contributed by atoms with Crippen LogP contribution in [-0.4, -0.2) is 41.0 Å². The molecule has 0 aliphatic carbocycles. The van der Waals surface area contributed by atoms with E-state index in [1.165, 1.54) is 13.2 Å². The van der Waals surface area contributed by atoms with Crippen molar-refractivity contribution in [1.29, 1.82) is 0 Å². The van der Waals surface area contributed by atoms with Gasteiger partial charge in [0.15, 0.2) is 0 Å². The van der Waals surface area contributed by atoms with Gasteiger partial charge in [-0.25, -0.2) is 9.78 Å². The molecule has 122 valence electrons. The van der Waals surface area contributed by atoms with Crippen LogP contribution >= 0.6 is 0 Å². The minimum absolute atomic E-state index is 0.0392. The minimum atomic E-state index is -0.474. The molecule has 2 rings (SSSR count). The number of aromatic nitrogens is 1. The van der Waals surface area contributed by atoms with E-state index in [1.54, 1.807) is 17.0 Å². The maximum Gasteiger partial charge on any atom is 0.338 e. The minimum Gasteiger partial charge on any atom is -0.465 e. The van der Waals surface area contributed by atoms with Gasteiger partial charge in [-0.05, 0) is 39.8 Å². The Morgan fingerprint density at radius 2 is 1.70 bits per heavy atom. The molecule has 1 aromatic heterocycles. The lowest BCUT2D eigenvalue weighted by Crippen LogP contribution is -2.42. The largest absolute Gasteiger partial charge is 0.465 e. The number of benzene rings is 1. The summed E-state index contributed by atoms with van der Waals surface area (Å²) in [6.45, 7) is 7.83. The Morgan fingerprint density at radius 1 is 1.09 bits per heavy atom.